The molecule has 0 aromatic heterocycles. The molecule has 0 saturated heterocycles. The number of allylic oxidation sites excluding steroid dienone is 10. The number of aliphatic hydroxyl groups is 1. The number of hydrogen-bond donors (Lipinski definition) is 1. The molecule has 0 rings (SSSR count). The van der Waals surface area contributed by atoms with Crippen molar-refractivity contribution in [2.24, 2.45) is 0 Å². The normalized spacial score (nSPS) is 12.9. The summed E-state index contributed by atoms with van der Waals surface area (Å²) >= 11 is 0. The van der Waals surface area contributed by atoms with Crippen molar-refractivity contribution in [1.82, 2.24) is 0 Å². The Bertz CT molecular complexity index is 900. The summed E-state index contributed by atoms with van der Waals surface area (Å²) in [5.74, 6) is -0.210. The molecule has 1 unspecified atom stereocenters. The second-order valence-electron chi connectivity index (χ2n) is 15.8. The van der Waals surface area contributed by atoms with Crippen LogP contribution in [0.25, 0.3) is 0 Å². The smallest absolute Gasteiger partial charge is 0.306 e. The Kier molecular flexibility index (Phi) is 46.6. The van der Waals surface area contributed by atoms with Gasteiger partial charge in [0.2, 0.25) is 0 Å². The van der Waals surface area contributed by atoms with Crippen molar-refractivity contribution in [3.05, 3.63) is 60.8 Å². The van der Waals surface area contributed by atoms with Crippen molar-refractivity contribution < 1.29 is 19.4 Å². The minimum absolute atomic E-state index is 0.177. The third kappa shape index (κ3) is 46.4. The molecule has 4 heteroatoms. The molecule has 1 N–H and O–H groups in total. The lowest BCUT2D eigenvalue weighted by Crippen LogP contribution is -2.27. The molecule has 4 nitrogen and oxygen atoms in total. The molecule has 1 atom stereocenters. The molecule has 0 aliphatic rings. The predicted molar refractivity (Wildman–Crippen MR) is 242 cm³/mol. The summed E-state index contributed by atoms with van der Waals surface area (Å²) in [6, 6.07) is 0. The van der Waals surface area contributed by atoms with Crippen molar-refractivity contribution in [2.45, 2.75) is 238 Å². The molecule has 0 heterocycles. The first-order valence-electron chi connectivity index (χ1n) is 23.9. The van der Waals surface area contributed by atoms with E-state index in [0.29, 0.717) is 19.6 Å². The number of unbranched alkanes of at least 4 members (excludes halogenated alkanes) is 26. The molecule has 0 radical (unpaired) electrons. The maximum Gasteiger partial charge on any atom is 0.306 e. The quantitative estimate of drug-likeness (QED) is 0.0381. The second kappa shape index (κ2) is 48.2. The van der Waals surface area contributed by atoms with Crippen LogP contribution in [0, 0.1) is 0 Å². The molecule has 0 aromatic carbocycles. The van der Waals surface area contributed by atoms with E-state index in [1.807, 2.05) is 0 Å². The van der Waals surface area contributed by atoms with E-state index < -0.39 is 6.10 Å². The summed E-state index contributed by atoms with van der Waals surface area (Å²) in [6.45, 7) is 5.23. The van der Waals surface area contributed by atoms with Crippen LogP contribution in [0.4, 0.5) is 0 Å². The van der Waals surface area contributed by atoms with E-state index in [2.05, 4.69) is 74.6 Å². The Morgan fingerprint density at radius 1 is 0.455 bits per heavy atom. The van der Waals surface area contributed by atoms with E-state index in [-0.39, 0.29) is 12.6 Å². The number of carbonyl (C=O) groups is 1. The Balaban J connectivity index is 3.41. The average molecular weight is 769 g/mol. The standard InChI is InChI=1S/C51H92O4/c1-3-5-7-9-11-13-15-17-19-21-22-23-24-25-26-27-28-29-31-33-35-37-39-41-43-45-47-54-49-50(48-52)55-51(53)46-44-42-40-38-36-34-32-30-20-18-16-14-12-10-8-6-4-2/h6,8,12,14-15,17-18,20-22,50,52H,3-5,7,9-11,13,16,19,23-49H2,1-2H3/b8-6-,14-12-,17-15-,20-18-,22-21-. The minimum atomic E-state index is -0.542. The van der Waals surface area contributed by atoms with Crippen LogP contribution in [0.2, 0.25) is 0 Å². The van der Waals surface area contributed by atoms with Crippen molar-refractivity contribution in [3.8, 4) is 0 Å². The van der Waals surface area contributed by atoms with E-state index in [0.717, 1.165) is 44.9 Å². The fourth-order valence-electron chi connectivity index (χ4n) is 6.79. The molecule has 0 aliphatic heterocycles. The van der Waals surface area contributed by atoms with Crippen LogP contribution in [0.5, 0.6) is 0 Å². The SMILES string of the molecule is CC/C=C\C/C=C\C/C=C\CCCCCCCCCC(=O)OC(CO)COCCCCCCCCCCCCCCCC/C=C\C/C=C\CCCCCCC. The van der Waals surface area contributed by atoms with Crippen LogP contribution < -0.4 is 0 Å². The first-order valence-corrected chi connectivity index (χ1v) is 23.9. The van der Waals surface area contributed by atoms with Gasteiger partial charge < -0.3 is 14.6 Å². The summed E-state index contributed by atoms with van der Waals surface area (Å²) in [7, 11) is 0. The van der Waals surface area contributed by atoms with Crippen LogP contribution in [0.1, 0.15) is 232 Å². The van der Waals surface area contributed by atoms with Crippen molar-refractivity contribution in [2.75, 3.05) is 19.8 Å². The third-order valence-corrected chi connectivity index (χ3v) is 10.3. The van der Waals surface area contributed by atoms with Gasteiger partial charge in [-0.15, -0.1) is 0 Å². The Morgan fingerprint density at radius 3 is 1.24 bits per heavy atom. The lowest BCUT2D eigenvalue weighted by Gasteiger charge is -2.16. The highest BCUT2D eigenvalue weighted by Gasteiger charge is 2.13. The van der Waals surface area contributed by atoms with Crippen LogP contribution in [0.3, 0.4) is 0 Å². The number of rotatable bonds is 44. The maximum atomic E-state index is 12.2. The number of ether oxygens (including phenoxy) is 2. The largest absolute Gasteiger partial charge is 0.457 e. The zero-order chi connectivity index (χ0) is 39.8. The van der Waals surface area contributed by atoms with E-state index in [1.165, 1.54) is 167 Å². The maximum absolute atomic E-state index is 12.2. The van der Waals surface area contributed by atoms with Crippen molar-refractivity contribution >= 4 is 5.97 Å². The number of carbonyl (C=O) groups excluding carboxylic acids is 1. The first-order chi connectivity index (χ1) is 27.2. The lowest BCUT2D eigenvalue weighted by atomic mass is 10.0. The Morgan fingerprint density at radius 2 is 0.818 bits per heavy atom. The summed E-state index contributed by atoms with van der Waals surface area (Å²) in [6.07, 6.45) is 64.4. The monoisotopic (exact) mass is 769 g/mol. The van der Waals surface area contributed by atoms with E-state index in [4.69, 9.17) is 9.47 Å². The molecule has 0 fully saturated rings. The molecule has 0 saturated carbocycles. The summed E-state index contributed by atoms with van der Waals surface area (Å²) in [5.41, 5.74) is 0. The van der Waals surface area contributed by atoms with Gasteiger partial charge in [0.25, 0.3) is 0 Å². The van der Waals surface area contributed by atoms with Crippen LogP contribution in [-0.2, 0) is 14.3 Å². The fourth-order valence-corrected chi connectivity index (χ4v) is 6.79. The molecule has 0 aliphatic carbocycles. The fraction of sp³-hybridized carbons (Fsp3) is 0.784. The van der Waals surface area contributed by atoms with Gasteiger partial charge in [-0.25, -0.2) is 0 Å². The van der Waals surface area contributed by atoms with Gasteiger partial charge in [-0.2, -0.15) is 0 Å². The molecule has 0 bridgehead atoms. The lowest BCUT2D eigenvalue weighted by molar-refractivity contribution is -0.154. The van der Waals surface area contributed by atoms with Gasteiger partial charge in [-0.1, -0.05) is 209 Å². The van der Waals surface area contributed by atoms with Gasteiger partial charge in [0.1, 0.15) is 6.10 Å². The van der Waals surface area contributed by atoms with Gasteiger partial charge in [0, 0.05) is 13.0 Å². The van der Waals surface area contributed by atoms with Gasteiger partial charge >= 0.3 is 5.97 Å². The highest BCUT2D eigenvalue weighted by Crippen LogP contribution is 2.15. The molecule has 320 valence electrons. The van der Waals surface area contributed by atoms with Gasteiger partial charge in [0.15, 0.2) is 0 Å². The average Bonchev–Trinajstić information content (AvgIpc) is 3.19. The molecular formula is C51H92O4. The van der Waals surface area contributed by atoms with E-state index >= 15 is 0 Å². The van der Waals surface area contributed by atoms with Gasteiger partial charge in [-0.3, -0.25) is 4.79 Å². The molecule has 55 heavy (non-hydrogen) atoms. The molecule has 0 aromatic rings. The van der Waals surface area contributed by atoms with Crippen molar-refractivity contribution in [1.29, 1.82) is 0 Å². The molecule has 0 spiro atoms. The van der Waals surface area contributed by atoms with E-state index in [9.17, 15) is 9.90 Å². The van der Waals surface area contributed by atoms with Crippen LogP contribution in [-0.4, -0.2) is 37.0 Å². The highest BCUT2D eigenvalue weighted by molar-refractivity contribution is 5.69. The molecule has 0 amide bonds. The predicted octanol–water partition coefficient (Wildman–Crippen LogP) is 16.0. The summed E-state index contributed by atoms with van der Waals surface area (Å²) in [4.78, 5) is 12.2. The van der Waals surface area contributed by atoms with Crippen LogP contribution >= 0.6 is 0 Å². The zero-order valence-corrected chi connectivity index (χ0v) is 36.7. The van der Waals surface area contributed by atoms with Crippen molar-refractivity contribution in [3.63, 3.8) is 0 Å². The molecular weight excluding hydrogens is 677 g/mol. The zero-order valence-electron chi connectivity index (χ0n) is 36.7. The minimum Gasteiger partial charge on any atom is -0.457 e. The van der Waals surface area contributed by atoms with E-state index in [1.54, 1.807) is 0 Å². The highest BCUT2D eigenvalue weighted by atomic mass is 16.6. The number of aliphatic hydroxyl groups excluding tert-OH is 1. The number of hydrogen-bond acceptors (Lipinski definition) is 4. The first kappa shape index (κ1) is 53.1. The third-order valence-electron chi connectivity index (χ3n) is 10.3. The second-order valence-corrected chi connectivity index (χ2v) is 15.8. The summed E-state index contributed by atoms with van der Waals surface area (Å²) in [5, 5.41) is 9.63. The topological polar surface area (TPSA) is 55.8 Å². The van der Waals surface area contributed by atoms with Gasteiger partial charge in [-0.05, 0) is 77.0 Å². The van der Waals surface area contributed by atoms with Crippen LogP contribution in [0.15, 0.2) is 60.8 Å². The van der Waals surface area contributed by atoms with Gasteiger partial charge in [0.05, 0.1) is 13.2 Å². The number of esters is 1. The Labute approximate surface area is 343 Å². The summed E-state index contributed by atoms with van der Waals surface area (Å²) < 4.78 is 11.2. The Hall–Kier alpha value is -1.91.